The fourth-order valence-corrected chi connectivity index (χ4v) is 3.37. The number of halogens is 4. The number of carbonyl (C=O) groups excluding carboxylic acids is 1. The fourth-order valence-electron chi connectivity index (χ4n) is 2.38. The van der Waals surface area contributed by atoms with Gasteiger partial charge in [-0.05, 0) is 40.8 Å². The van der Waals surface area contributed by atoms with E-state index < -0.39 is 18.1 Å². The highest BCUT2D eigenvalue weighted by Crippen LogP contribution is 2.39. The van der Waals surface area contributed by atoms with E-state index in [2.05, 4.69) is 0 Å². The predicted molar refractivity (Wildman–Crippen MR) is 81.2 cm³/mol. The van der Waals surface area contributed by atoms with Gasteiger partial charge in [0.15, 0.2) is 0 Å². The molecule has 106 valence electrons. The molecule has 21 heavy (non-hydrogen) atoms. The molecule has 1 aromatic carbocycles. The van der Waals surface area contributed by atoms with Crippen molar-refractivity contribution in [1.82, 2.24) is 4.57 Å². The van der Waals surface area contributed by atoms with Crippen LogP contribution in [0.4, 0.5) is 8.78 Å². The first-order chi connectivity index (χ1) is 9.85. The third-order valence-corrected chi connectivity index (χ3v) is 4.51. The van der Waals surface area contributed by atoms with E-state index in [9.17, 15) is 13.6 Å². The molecule has 7 heteroatoms. The molecule has 0 amide bonds. The van der Waals surface area contributed by atoms with Crippen molar-refractivity contribution in [2.75, 3.05) is 0 Å². The van der Waals surface area contributed by atoms with Gasteiger partial charge < -0.3 is 4.57 Å². The normalized spacial score (nSPS) is 15.9. The summed E-state index contributed by atoms with van der Waals surface area (Å²) in [6, 6.07) is 6.61. The van der Waals surface area contributed by atoms with E-state index >= 15 is 0 Å². The summed E-state index contributed by atoms with van der Waals surface area (Å²) in [6.07, 6.45) is 0.984. The monoisotopic (exact) mass is 418 g/mol. The number of nitriles is 1. The molecule has 1 aliphatic carbocycles. The fraction of sp³-hybridized carbons (Fsp3) is 0.143. The summed E-state index contributed by atoms with van der Waals surface area (Å²) in [5, 5.41) is 9.29. The molecule has 3 nitrogen and oxygen atoms in total. The number of alkyl halides is 2. The van der Waals surface area contributed by atoms with Crippen molar-refractivity contribution >= 4 is 40.0 Å². The lowest BCUT2D eigenvalue weighted by molar-refractivity contribution is 0.0161. The minimum Gasteiger partial charge on any atom is -0.319 e. The summed E-state index contributed by atoms with van der Waals surface area (Å²) >= 11 is 7.73. The Bertz CT molecular complexity index is 823. The molecule has 1 aromatic heterocycles. The largest absolute Gasteiger partial charge is 0.319 e. The van der Waals surface area contributed by atoms with Gasteiger partial charge in [0.05, 0.1) is 22.6 Å². The Kier molecular flexibility index (Phi) is 3.30. The number of benzene rings is 1. The van der Waals surface area contributed by atoms with Crippen LogP contribution in [0.25, 0.3) is 5.69 Å². The Labute approximate surface area is 137 Å². The second-order valence-electron chi connectivity index (χ2n) is 4.66. The third kappa shape index (κ3) is 2.15. The molecule has 0 bridgehead atoms. The first-order valence-electron chi connectivity index (χ1n) is 5.87. The second-order valence-corrected chi connectivity index (χ2v) is 6.22. The average molecular weight is 419 g/mol. The van der Waals surface area contributed by atoms with Gasteiger partial charge in [-0.25, -0.2) is 0 Å². The van der Waals surface area contributed by atoms with Gasteiger partial charge in [0, 0.05) is 21.1 Å². The number of hydrogen-bond acceptors (Lipinski definition) is 2. The lowest BCUT2D eigenvalue weighted by Gasteiger charge is -2.10. The Balaban J connectivity index is 2.20. The summed E-state index contributed by atoms with van der Waals surface area (Å²) in [5.74, 6) is -4.51. The van der Waals surface area contributed by atoms with Gasteiger partial charge in [0.25, 0.3) is 0 Å². The minimum absolute atomic E-state index is 0.0639. The molecular weight excluding hydrogens is 413 g/mol. The highest BCUT2D eigenvalue weighted by molar-refractivity contribution is 14.1. The number of Topliss-reactive ketones (excluding diaryl/α,β-unsaturated/α-hetero) is 1. The van der Waals surface area contributed by atoms with Crippen LogP contribution in [-0.2, 0) is 6.42 Å². The smallest absolute Gasteiger partial charge is 0.315 e. The molecule has 0 aliphatic heterocycles. The van der Waals surface area contributed by atoms with Crippen molar-refractivity contribution in [2.45, 2.75) is 12.3 Å². The predicted octanol–water partition coefficient (Wildman–Crippen LogP) is 3.98. The van der Waals surface area contributed by atoms with E-state index in [1.165, 1.54) is 16.7 Å². The van der Waals surface area contributed by atoms with Crippen LogP contribution in [0.5, 0.6) is 0 Å². The van der Waals surface area contributed by atoms with Gasteiger partial charge in [-0.3, -0.25) is 4.79 Å². The van der Waals surface area contributed by atoms with Crippen molar-refractivity contribution < 1.29 is 13.6 Å². The van der Waals surface area contributed by atoms with Gasteiger partial charge >= 0.3 is 5.92 Å². The Morgan fingerprint density at radius 1 is 1.43 bits per heavy atom. The van der Waals surface area contributed by atoms with Crippen LogP contribution >= 0.6 is 34.2 Å². The second kappa shape index (κ2) is 4.78. The van der Waals surface area contributed by atoms with Crippen molar-refractivity contribution in [1.29, 1.82) is 5.26 Å². The average Bonchev–Trinajstić information content (AvgIpc) is 2.86. The molecule has 1 aliphatic rings. The number of hydrogen-bond donors (Lipinski definition) is 0. The van der Waals surface area contributed by atoms with Gasteiger partial charge in [-0.1, -0.05) is 11.6 Å². The lowest BCUT2D eigenvalue weighted by atomic mass is 10.2. The summed E-state index contributed by atoms with van der Waals surface area (Å²) in [4.78, 5) is 11.7. The van der Waals surface area contributed by atoms with Crippen LogP contribution < -0.4 is 0 Å². The van der Waals surface area contributed by atoms with Crippen LogP contribution in [0.1, 0.15) is 21.6 Å². The first-order valence-corrected chi connectivity index (χ1v) is 7.33. The SMILES string of the molecule is N#Cc1cc(-n2cc(I)c3c2CC(F)(F)C3=O)ccc1Cl. The molecule has 0 unspecified atom stereocenters. The van der Waals surface area contributed by atoms with Crippen molar-refractivity contribution in [3.8, 4) is 11.8 Å². The van der Waals surface area contributed by atoms with Gasteiger partial charge in [0.1, 0.15) is 6.07 Å². The molecule has 0 saturated heterocycles. The number of ketones is 1. The van der Waals surface area contributed by atoms with Crippen LogP contribution in [-0.4, -0.2) is 16.3 Å². The lowest BCUT2D eigenvalue weighted by Crippen LogP contribution is -2.24. The number of rotatable bonds is 1. The molecule has 2 aromatic rings. The van der Waals surface area contributed by atoms with Crippen molar-refractivity contribution in [3.63, 3.8) is 0 Å². The van der Waals surface area contributed by atoms with Crippen LogP contribution in [0.15, 0.2) is 24.4 Å². The maximum absolute atomic E-state index is 13.6. The van der Waals surface area contributed by atoms with E-state index in [-0.39, 0.29) is 16.8 Å². The maximum Gasteiger partial charge on any atom is 0.315 e. The zero-order chi connectivity index (χ0) is 15.4. The van der Waals surface area contributed by atoms with E-state index in [0.717, 1.165) is 0 Å². The molecule has 0 radical (unpaired) electrons. The van der Waals surface area contributed by atoms with E-state index in [1.807, 2.05) is 28.7 Å². The molecule has 0 N–H and O–H groups in total. The summed E-state index contributed by atoms with van der Waals surface area (Å²) in [5.41, 5.74) is 1.11. The number of nitrogens with zero attached hydrogens (tertiary/aromatic N) is 2. The zero-order valence-electron chi connectivity index (χ0n) is 10.3. The maximum atomic E-state index is 13.6. The van der Waals surface area contributed by atoms with Gasteiger partial charge in [-0.15, -0.1) is 0 Å². The van der Waals surface area contributed by atoms with Crippen molar-refractivity contribution in [3.05, 3.63) is 49.8 Å². The Morgan fingerprint density at radius 3 is 2.81 bits per heavy atom. The zero-order valence-corrected chi connectivity index (χ0v) is 13.2. The minimum atomic E-state index is -3.36. The van der Waals surface area contributed by atoms with E-state index in [0.29, 0.717) is 14.3 Å². The van der Waals surface area contributed by atoms with E-state index in [4.69, 9.17) is 16.9 Å². The summed E-state index contributed by atoms with van der Waals surface area (Å²) < 4.78 is 29.2. The topological polar surface area (TPSA) is 45.8 Å². The van der Waals surface area contributed by atoms with Gasteiger partial charge in [-0.2, -0.15) is 14.0 Å². The van der Waals surface area contributed by atoms with E-state index in [1.54, 1.807) is 12.3 Å². The molecule has 3 rings (SSSR count). The Morgan fingerprint density at radius 2 is 2.14 bits per heavy atom. The summed E-state index contributed by atoms with van der Waals surface area (Å²) in [6.45, 7) is 0. The van der Waals surface area contributed by atoms with Crippen LogP contribution in [0.2, 0.25) is 5.02 Å². The molecule has 1 heterocycles. The number of carbonyl (C=O) groups is 1. The third-order valence-electron chi connectivity index (χ3n) is 3.36. The quantitative estimate of drug-likeness (QED) is 0.658. The number of aromatic nitrogens is 1. The highest BCUT2D eigenvalue weighted by atomic mass is 127. The van der Waals surface area contributed by atoms with Crippen molar-refractivity contribution in [2.24, 2.45) is 0 Å². The molecule has 0 atom stereocenters. The molecule has 0 spiro atoms. The van der Waals surface area contributed by atoms with Gasteiger partial charge in [0.2, 0.25) is 5.78 Å². The molecule has 0 fully saturated rings. The van der Waals surface area contributed by atoms with Crippen LogP contribution in [0, 0.1) is 14.9 Å². The number of fused-ring (bicyclic) bond motifs is 1. The summed E-state index contributed by atoms with van der Waals surface area (Å²) in [7, 11) is 0. The van der Waals surface area contributed by atoms with Crippen LogP contribution in [0.3, 0.4) is 0 Å². The first kappa shape index (κ1) is 14.5. The molecule has 0 saturated carbocycles. The standard InChI is InChI=1S/C14H6ClF2IN2O/c15-9-2-1-8(3-7(9)5-19)20-6-10(18)12-11(20)4-14(16,17)13(12)21/h1-3,6H,4H2. The highest BCUT2D eigenvalue weighted by Gasteiger charge is 2.49. The molecular formula is C14H6ClF2IN2O. The Hall–Kier alpha value is -1.46.